The maximum atomic E-state index is 12.1. The van der Waals surface area contributed by atoms with Gasteiger partial charge in [-0.15, -0.1) is 0 Å². The third-order valence-electron chi connectivity index (χ3n) is 2.88. The third kappa shape index (κ3) is 4.39. The second kappa shape index (κ2) is 7.90. The number of rotatable bonds is 6. The first-order chi connectivity index (χ1) is 10.7. The number of nitrogens with zero attached hydrogens (tertiary/aromatic N) is 1. The van der Waals surface area contributed by atoms with Crippen LogP contribution in [0.3, 0.4) is 0 Å². The Bertz CT molecular complexity index is 644. The summed E-state index contributed by atoms with van der Waals surface area (Å²) in [6.07, 6.45) is 1.44. The Morgan fingerprint density at radius 2 is 1.91 bits per heavy atom. The molecule has 0 spiro atoms. The molecule has 2 amide bonds. The number of amides is 2. The van der Waals surface area contributed by atoms with Crippen LogP contribution in [0.4, 0.5) is 5.69 Å². The smallest absolute Gasteiger partial charge is 0.274 e. The summed E-state index contributed by atoms with van der Waals surface area (Å²) in [5, 5.41) is 5.42. The summed E-state index contributed by atoms with van der Waals surface area (Å²) < 4.78 is 4.87. The maximum Gasteiger partial charge on any atom is 0.274 e. The second-order valence-electron chi connectivity index (χ2n) is 4.50. The highest BCUT2D eigenvalue weighted by Gasteiger charge is 2.11. The molecule has 6 nitrogen and oxygen atoms in total. The van der Waals surface area contributed by atoms with Gasteiger partial charge in [-0.3, -0.25) is 14.6 Å². The van der Waals surface area contributed by atoms with Crippen LogP contribution >= 0.6 is 0 Å². The van der Waals surface area contributed by atoms with Gasteiger partial charge in [-0.1, -0.05) is 18.2 Å². The molecule has 0 atom stereocenters. The van der Waals surface area contributed by atoms with Gasteiger partial charge in [-0.2, -0.15) is 0 Å². The minimum absolute atomic E-state index is 0.184. The number of para-hydroxylation sites is 1. The number of hydrogen-bond donors (Lipinski definition) is 2. The SMILES string of the molecule is COCCNC(=O)c1ccnc(C(=O)Nc2ccccc2)c1. The average molecular weight is 299 g/mol. The monoisotopic (exact) mass is 299 g/mol. The van der Waals surface area contributed by atoms with E-state index in [1.165, 1.54) is 12.3 Å². The molecule has 0 fully saturated rings. The number of carbonyl (C=O) groups excluding carboxylic acids is 2. The quantitative estimate of drug-likeness (QED) is 0.796. The number of anilines is 1. The molecule has 6 heteroatoms. The van der Waals surface area contributed by atoms with E-state index in [9.17, 15) is 9.59 Å². The fourth-order valence-corrected chi connectivity index (χ4v) is 1.78. The fraction of sp³-hybridized carbons (Fsp3) is 0.188. The topological polar surface area (TPSA) is 80.3 Å². The molecule has 2 aromatic rings. The van der Waals surface area contributed by atoms with Gasteiger partial charge in [0.25, 0.3) is 11.8 Å². The molecule has 114 valence electrons. The average Bonchev–Trinajstić information content (AvgIpc) is 2.56. The molecule has 0 bridgehead atoms. The molecular formula is C16H17N3O3. The Kier molecular flexibility index (Phi) is 5.62. The number of aromatic nitrogens is 1. The lowest BCUT2D eigenvalue weighted by Gasteiger charge is -2.07. The van der Waals surface area contributed by atoms with E-state index in [1.807, 2.05) is 18.2 Å². The van der Waals surface area contributed by atoms with Crippen molar-refractivity contribution in [1.29, 1.82) is 0 Å². The lowest BCUT2D eigenvalue weighted by atomic mass is 10.2. The molecule has 0 aliphatic heterocycles. The third-order valence-corrected chi connectivity index (χ3v) is 2.88. The van der Waals surface area contributed by atoms with Gasteiger partial charge >= 0.3 is 0 Å². The normalized spacial score (nSPS) is 10.0. The molecular weight excluding hydrogens is 282 g/mol. The Morgan fingerprint density at radius 3 is 2.64 bits per heavy atom. The minimum atomic E-state index is -0.363. The number of methoxy groups -OCH3 is 1. The molecule has 0 radical (unpaired) electrons. The van der Waals surface area contributed by atoms with Crippen LogP contribution in [-0.4, -0.2) is 37.1 Å². The first-order valence-electron chi connectivity index (χ1n) is 6.80. The molecule has 0 saturated carbocycles. The second-order valence-corrected chi connectivity index (χ2v) is 4.50. The van der Waals surface area contributed by atoms with E-state index in [0.29, 0.717) is 24.4 Å². The van der Waals surface area contributed by atoms with E-state index >= 15 is 0 Å². The Labute approximate surface area is 128 Å². The van der Waals surface area contributed by atoms with Crippen LogP contribution in [0, 0.1) is 0 Å². The summed E-state index contributed by atoms with van der Waals surface area (Å²) in [7, 11) is 1.56. The number of ether oxygens (including phenoxy) is 1. The lowest BCUT2D eigenvalue weighted by molar-refractivity contribution is 0.0937. The van der Waals surface area contributed by atoms with Crippen LogP contribution < -0.4 is 10.6 Å². The summed E-state index contributed by atoms with van der Waals surface area (Å²) in [6.45, 7) is 0.835. The predicted molar refractivity (Wildman–Crippen MR) is 82.8 cm³/mol. The zero-order valence-electron chi connectivity index (χ0n) is 12.2. The van der Waals surface area contributed by atoms with E-state index in [4.69, 9.17) is 4.74 Å². The highest BCUT2D eigenvalue weighted by Crippen LogP contribution is 2.08. The molecule has 0 unspecified atom stereocenters. The van der Waals surface area contributed by atoms with Crippen molar-refractivity contribution < 1.29 is 14.3 Å². The van der Waals surface area contributed by atoms with E-state index in [1.54, 1.807) is 25.3 Å². The Balaban J connectivity index is 2.04. The zero-order valence-corrected chi connectivity index (χ0v) is 12.2. The van der Waals surface area contributed by atoms with Crippen LogP contribution in [-0.2, 0) is 4.74 Å². The van der Waals surface area contributed by atoms with Gasteiger partial charge in [0.1, 0.15) is 5.69 Å². The number of benzene rings is 1. The van der Waals surface area contributed by atoms with Crippen molar-refractivity contribution in [3.8, 4) is 0 Å². The Morgan fingerprint density at radius 1 is 1.14 bits per heavy atom. The van der Waals surface area contributed by atoms with Gasteiger partial charge in [0.2, 0.25) is 0 Å². The van der Waals surface area contributed by atoms with Crippen LogP contribution in [0.2, 0.25) is 0 Å². The molecule has 1 aromatic carbocycles. The van der Waals surface area contributed by atoms with Crippen LogP contribution in [0.15, 0.2) is 48.7 Å². The summed E-state index contributed by atoms with van der Waals surface area (Å²) >= 11 is 0. The number of nitrogens with one attached hydrogen (secondary N) is 2. The standard InChI is InChI=1S/C16H17N3O3/c1-22-10-9-18-15(20)12-7-8-17-14(11-12)16(21)19-13-5-3-2-4-6-13/h2-8,11H,9-10H2,1H3,(H,18,20)(H,19,21). The number of hydrogen-bond acceptors (Lipinski definition) is 4. The van der Waals surface area contributed by atoms with Gasteiger partial charge in [0, 0.05) is 31.1 Å². The van der Waals surface area contributed by atoms with Gasteiger partial charge < -0.3 is 15.4 Å². The highest BCUT2D eigenvalue weighted by atomic mass is 16.5. The molecule has 22 heavy (non-hydrogen) atoms. The lowest BCUT2D eigenvalue weighted by Crippen LogP contribution is -2.27. The Hall–Kier alpha value is -2.73. The predicted octanol–water partition coefficient (Wildman–Crippen LogP) is 1.71. The van der Waals surface area contributed by atoms with Crippen molar-refractivity contribution >= 4 is 17.5 Å². The van der Waals surface area contributed by atoms with Crippen molar-refractivity contribution in [1.82, 2.24) is 10.3 Å². The highest BCUT2D eigenvalue weighted by molar-refractivity contribution is 6.04. The largest absolute Gasteiger partial charge is 0.383 e. The summed E-state index contributed by atoms with van der Waals surface area (Å²) in [5.74, 6) is -0.633. The van der Waals surface area contributed by atoms with E-state index < -0.39 is 0 Å². The molecule has 2 rings (SSSR count). The van der Waals surface area contributed by atoms with Gasteiger partial charge in [-0.25, -0.2) is 0 Å². The molecule has 0 saturated heterocycles. The first-order valence-corrected chi connectivity index (χ1v) is 6.80. The number of pyridine rings is 1. The van der Waals surface area contributed by atoms with Gasteiger partial charge in [0.15, 0.2) is 0 Å². The van der Waals surface area contributed by atoms with Crippen LogP contribution in [0.5, 0.6) is 0 Å². The van der Waals surface area contributed by atoms with Crippen molar-refractivity contribution in [3.63, 3.8) is 0 Å². The van der Waals surface area contributed by atoms with Crippen molar-refractivity contribution in [2.24, 2.45) is 0 Å². The van der Waals surface area contributed by atoms with Crippen LogP contribution in [0.25, 0.3) is 0 Å². The minimum Gasteiger partial charge on any atom is -0.383 e. The fourth-order valence-electron chi connectivity index (χ4n) is 1.78. The summed E-state index contributed by atoms with van der Waals surface area (Å²) in [4.78, 5) is 28.0. The van der Waals surface area contributed by atoms with Crippen molar-refractivity contribution in [3.05, 3.63) is 59.9 Å². The molecule has 1 heterocycles. The van der Waals surface area contributed by atoms with E-state index in [0.717, 1.165) is 0 Å². The molecule has 1 aromatic heterocycles. The van der Waals surface area contributed by atoms with Gasteiger partial charge in [0.05, 0.1) is 6.61 Å². The molecule has 2 N–H and O–H groups in total. The van der Waals surface area contributed by atoms with E-state index in [2.05, 4.69) is 15.6 Å². The van der Waals surface area contributed by atoms with Crippen LogP contribution in [0.1, 0.15) is 20.8 Å². The number of carbonyl (C=O) groups is 2. The van der Waals surface area contributed by atoms with Crippen molar-refractivity contribution in [2.45, 2.75) is 0 Å². The van der Waals surface area contributed by atoms with Crippen molar-refractivity contribution in [2.75, 3.05) is 25.6 Å². The van der Waals surface area contributed by atoms with E-state index in [-0.39, 0.29) is 17.5 Å². The van der Waals surface area contributed by atoms with Gasteiger partial charge in [-0.05, 0) is 24.3 Å². The molecule has 0 aliphatic carbocycles. The first kappa shape index (κ1) is 15.7. The maximum absolute atomic E-state index is 12.1. The zero-order chi connectivity index (χ0) is 15.8. The summed E-state index contributed by atoms with van der Waals surface area (Å²) in [5.41, 5.74) is 1.23. The molecule has 0 aliphatic rings. The summed E-state index contributed by atoms with van der Waals surface area (Å²) in [6, 6.07) is 12.1.